The third-order valence-corrected chi connectivity index (χ3v) is 4.02. The molecule has 0 N–H and O–H groups in total. The maximum atomic E-state index is 14.0. The average molecular weight is 330 g/mol. The van der Waals surface area contributed by atoms with Gasteiger partial charge in [0.15, 0.2) is 17.5 Å². The molecule has 1 aliphatic heterocycles. The van der Waals surface area contributed by atoms with E-state index >= 15 is 0 Å². The van der Waals surface area contributed by atoms with Crippen LogP contribution in [0.1, 0.15) is 11.4 Å². The van der Waals surface area contributed by atoms with E-state index in [-0.39, 0.29) is 16.5 Å². The zero-order valence-corrected chi connectivity index (χ0v) is 12.2. The van der Waals surface area contributed by atoms with Gasteiger partial charge in [-0.3, -0.25) is 4.98 Å². The van der Waals surface area contributed by atoms with Crippen molar-refractivity contribution in [3.05, 3.63) is 47.4 Å². The number of halogens is 3. The Morgan fingerprint density at radius 1 is 1.12 bits per heavy atom. The van der Waals surface area contributed by atoms with Crippen molar-refractivity contribution in [3.63, 3.8) is 0 Å². The summed E-state index contributed by atoms with van der Waals surface area (Å²) in [7, 11) is 0. The van der Waals surface area contributed by atoms with Crippen LogP contribution < -0.4 is 4.90 Å². The third-order valence-electron chi connectivity index (χ3n) is 4.02. The Labute approximate surface area is 133 Å². The van der Waals surface area contributed by atoms with Crippen LogP contribution in [0.5, 0.6) is 0 Å². The van der Waals surface area contributed by atoms with E-state index in [9.17, 15) is 18.4 Å². The molecule has 3 aromatic rings. The molecule has 0 aliphatic carbocycles. The van der Waals surface area contributed by atoms with Gasteiger partial charge in [0.25, 0.3) is 0 Å². The highest BCUT2D eigenvalue weighted by molar-refractivity contribution is 5.95. The molecule has 2 aromatic heterocycles. The Morgan fingerprint density at radius 2 is 1.96 bits per heavy atom. The summed E-state index contributed by atoms with van der Waals surface area (Å²) in [5.74, 6) is -3.60. The highest BCUT2D eigenvalue weighted by Gasteiger charge is 2.25. The molecule has 0 radical (unpaired) electrons. The zero-order chi connectivity index (χ0) is 16.8. The number of hydrogen-bond acceptors (Lipinski definition) is 5. The molecule has 24 heavy (non-hydrogen) atoms. The van der Waals surface area contributed by atoms with Gasteiger partial charge in [-0.25, -0.2) is 22.8 Å². The number of pyridine rings is 1. The molecular weight excluding hydrogens is 321 g/mol. The number of fused-ring (bicyclic) bond motifs is 2. The number of nitriles is 1. The van der Waals surface area contributed by atoms with Gasteiger partial charge >= 0.3 is 0 Å². The minimum atomic E-state index is -1.58. The lowest BCUT2D eigenvalue weighted by Crippen LogP contribution is -2.35. The fraction of sp³-hybridized carbons (Fsp3) is 0.200. The van der Waals surface area contributed by atoms with Gasteiger partial charge in [0, 0.05) is 18.1 Å². The second-order valence-electron chi connectivity index (χ2n) is 5.34. The van der Waals surface area contributed by atoms with E-state index in [0.717, 1.165) is 12.3 Å². The van der Waals surface area contributed by atoms with Crippen molar-refractivity contribution in [1.82, 2.24) is 19.7 Å². The molecule has 4 rings (SSSR count). The van der Waals surface area contributed by atoms with Crippen molar-refractivity contribution < 1.29 is 13.2 Å². The monoisotopic (exact) mass is 330 g/mol. The SMILES string of the molecule is N#Cc1cnc2c(F)c(F)c(F)cc2c1N1CCn2ncnc2C1. The molecule has 1 aliphatic rings. The van der Waals surface area contributed by atoms with Crippen LogP contribution in [-0.4, -0.2) is 26.3 Å². The van der Waals surface area contributed by atoms with Crippen LogP contribution in [-0.2, 0) is 13.1 Å². The van der Waals surface area contributed by atoms with E-state index in [4.69, 9.17) is 0 Å². The van der Waals surface area contributed by atoms with Gasteiger partial charge in [-0.05, 0) is 6.07 Å². The quantitative estimate of drug-likeness (QED) is 0.639. The first-order valence-electron chi connectivity index (χ1n) is 7.08. The fourth-order valence-corrected chi connectivity index (χ4v) is 2.90. The molecule has 0 amide bonds. The average Bonchev–Trinajstić information content (AvgIpc) is 3.06. The Balaban J connectivity index is 1.95. The fourth-order valence-electron chi connectivity index (χ4n) is 2.90. The molecule has 0 spiro atoms. The molecule has 0 saturated carbocycles. The van der Waals surface area contributed by atoms with Gasteiger partial charge in [0.2, 0.25) is 0 Å². The molecular formula is C15H9F3N6. The second kappa shape index (κ2) is 5.19. The second-order valence-corrected chi connectivity index (χ2v) is 5.34. The number of anilines is 1. The molecule has 6 nitrogen and oxygen atoms in total. The topological polar surface area (TPSA) is 70.6 Å². The standard InChI is InChI=1S/C15H9F3N6/c16-10-3-9-14(13(18)12(10)17)20-5-8(4-19)15(9)23-1-2-24-11(6-23)21-7-22-24/h3,5,7H,1-2,6H2. The highest BCUT2D eigenvalue weighted by atomic mass is 19.2. The van der Waals surface area contributed by atoms with Crippen molar-refractivity contribution in [2.24, 2.45) is 0 Å². The van der Waals surface area contributed by atoms with E-state index in [1.165, 1.54) is 6.33 Å². The lowest BCUT2D eigenvalue weighted by Gasteiger charge is -2.30. The van der Waals surface area contributed by atoms with Gasteiger partial charge in [0.05, 0.1) is 24.3 Å². The lowest BCUT2D eigenvalue weighted by atomic mass is 10.1. The summed E-state index contributed by atoms with van der Waals surface area (Å²) in [5.41, 5.74) is 0.158. The van der Waals surface area contributed by atoms with E-state index in [1.54, 1.807) is 9.58 Å². The van der Waals surface area contributed by atoms with Crippen molar-refractivity contribution in [2.75, 3.05) is 11.4 Å². The molecule has 0 unspecified atom stereocenters. The Kier molecular flexibility index (Phi) is 3.13. The first kappa shape index (κ1) is 14.4. The van der Waals surface area contributed by atoms with Crippen LogP contribution in [0, 0.1) is 28.8 Å². The van der Waals surface area contributed by atoms with Crippen LogP contribution in [0.3, 0.4) is 0 Å². The molecule has 0 saturated heterocycles. The minimum Gasteiger partial charge on any atom is -0.360 e. The Bertz CT molecular complexity index is 1010. The molecule has 9 heteroatoms. The lowest BCUT2D eigenvalue weighted by molar-refractivity contribution is 0.452. The normalized spacial score (nSPS) is 13.8. The van der Waals surface area contributed by atoms with E-state index in [0.29, 0.717) is 31.1 Å². The molecule has 0 atom stereocenters. The minimum absolute atomic E-state index is 0.0541. The van der Waals surface area contributed by atoms with Gasteiger partial charge in [-0.2, -0.15) is 10.4 Å². The molecule has 120 valence electrons. The van der Waals surface area contributed by atoms with E-state index in [2.05, 4.69) is 15.1 Å². The number of rotatable bonds is 1. The number of hydrogen-bond donors (Lipinski definition) is 0. The Hall–Kier alpha value is -3.15. The summed E-state index contributed by atoms with van der Waals surface area (Å²) in [6.45, 7) is 1.29. The highest BCUT2D eigenvalue weighted by Crippen LogP contribution is 2.34. The van der Waals surface area contributed by atoms with Gasteiger partial charge in [-0.15, -0.1) is 0 Å². The molecule has 1 aromatic carbocycles. The van der Waals surface area contributed by atoms with Gasteiger partial charge in [0.1, 0.15) is 23.7 Å². The first-order chi connectivity index (χ1) is 11.6. The number of aromatic nitrogens is 4. The van der Waals surface area contributed by atoms with Gasteiger partial charge in [-0.1, -0.05) is 0 Å². The van der Waals surface area contributed by atoms with E-state index in [1.807, 2.05) is 6.07 Å². The zero-order valence-electron chi connectivity index (χ0n) is 12.2. The summed E-state index contributed by atoms with van der Waals surface area (Å²) >= 11 is 0. The van der Waals surface area contributed by atoms with Crippen LogP contribution >= 0.6 is 0 Å². The van der Waals surface area contributed by atoms with Crippen molar-refractivity contribution in [1.29, 1.82) is 5.26 Å². The molecule has 0 fully saturated rings. The summed E-state index contributed by atoms with van der Waals surface area (Å²) < 4.78 is 42.9. The maximum absolute atomic E-state index is 14.0. The maximum Gasteiger partial charge on any atom is 0.196 e. The smallest absolute Gasteiger partial charge is 0.196 e. The Morgan fingerprint density at radius 3 is 2.75 bits per heavy atom. The van der Waals surface area contributed by atoms with Crippen LogP contribution in [0.25, 0.3) is 10.9 Å². The predicted molar refractivity (Wildman–Crippen MR) is 77.4 cm³/mol. The molecule has 0 bridgehead atoms. The van der Waals surface area contributed by atoms with Crippen molar-refractivity contribution in [2.45, 2.75) is 13.1 Å². The first-order valence-corrected chi connectivity index (χ1v) is 7.08. The van der Waals surface area contributed by atoms with Crippen LogP contribution in [0.4, 0.5) is 18.9 Å². The summed E-state index contributed by atoms with van der Waals surface area (Å²) in [4.78, 5) is 9.67. The third kappa shape index (κ3) is 2.00. The van der Waals surface area contributed by atoms with Crippen LogP contribution in [0.15, 0.2) is 18.6 Å². The van der Waals surface area contributed by atoms with Gasteiger partial charge < -0.3 is 4.90 Å². The van der Waals surface area contributed by atoms with Crippen molar-refractivity contribution >= 4 is 16.6 Å². The predicted octanol–water partition coefficient (Wildman–Crippen LogP) is 2.14. The van der Waals surface area contributed by atoms with Crippen LogP contribution in [0.2, 0.25) is 0 Å². The van der Waals surface area contributed by atoms with Crippen molar-refractivity contribution in [3.8, 4) is 6.07 Å². The summed E-state index contributed by atoms with van der Waals surface area (Å²) in [5, 5.41) is 13.5. The summed E-state index contributed by atoms with van der Waals surface area (Å²) in [6.07, 6.45) is 2.58. The number of benzene rings is 1. The van der Waals surface area contributed by atoms with E-state index < -0.39 is 17.5 Å². The number of nitrogens with zero attached hydrogens (tertiary/aromatic N) is 6. The summed E-state index contributed by atoms with van der Waals surface area (Å²) in [6, 6.07) is 2.84. The largest absolute Gasteiger partial charge is 0.360 e. The molecule has 3 heterocycles.